The number of carbonyl (C=O) groups excluding carboxylic acids is 2. The lowest BCUT2D eigenvalue weighted by Crippen LogP contribution is -2.45. The molecule has 1 saturated carbocycles. The van der Waals surface area contributed by atoms with Crippen molar-refractivity contribution in [2.24, 2.45) is 5.92 Å². The molecule has 0 saturated heterocycles. The lowest BCUT2D eigenvalue weighted by molar-refractivity contribution is -0.137. The summed E-state index contributed by atoms with van der Waals surface area (Å²) in [6.07, 6.45) is 4.38. The topological polar surface area (TPSA) is 58.2 Å². The standard InChI is InChI=1S/C15H19BrN2O2/c1-10-6-2-4-8-12(10)17-14(19)15(20)18-13-9-5-3-7-11(13)16/h3,5,7,9-10,12H,2,4,6,8H2,1H3,(H,17,19)(H,18,20)/t10-,12-/m0/s1. The van der Waals surface area contributed by atoms with E-state index in [9.17, 15) is 9.59 Å². The van der Waals surface area contributed by atoms with Crippen LogP contribution in [-0.4, -0.2) is 17.9 Å². The number of carbonyl (C=O) groups is 2. The molecule has 0 aliphatic heterocycles. The van der Waals surface area contributed by atoms with Crippen LogP contribution in [0.25, 0.3) is 0 Å². The fourth-order valence-corrected chi connectivity index (χ4v) is 2.89. The average Bonchev–Trinajstić information content (AvgIpc) is 2.43. The zero-order valence-electron chi connectivity index (χ0n) is 11.5. The molecule has 0 unspecified atom stereocenters. The molecular weight excluding hydrogens is 320 g/mol. The third kappa shape index (κ3) is 3.82. The van der Waals surface area contributed by atoms with Crippen molar-refractivity contribution in [3.8, 4) is 0 Å². The third-order valence-electron chi connectivity index (χ3n) is 3.76. The van der Waals surface area contributed by atoms with Gasteiger partial charge in [-0.2, -0.15) is 0 Å². The Hall–Kier alpha value is -1.36. The molecule has 0 heterocycles. The Labute approximate surface area is 127 Å². The quantitative estimate of drug-likeness (QED) is 0.814. The highest BCUT2D eigenvalue weighted by atomic mass is 79.9. The molecule has 108 valence electrons. The first-order valence-electron chi connectivity index (χ1n) is 6.94. The van der Waals surface area contributed by atoms with Crippen LogP contribution in [0.1, 0.15) is 32.6 Å². The number of nitrogens with one attached hydrogen (secondary N) is 2. The van der Waals surface area contributed by atoms with Gasteiger partial charge in [-0.15, -0.1) is 0 Å². The second-order valence-electron chi connectivity index (χ2n) is 5.28. The van der Waals surface area contributed by atoms with E-state index in [4.69, 9.17) is 0 Å². The molecule has 2 amide bonds. The SMILES string of the molecule is C[C@H]1CCCC[C@@H]1NC(=O)C(=O)Nc1ccccc1Br. The number of hydrogen-bond donors (Lipinski definition) is 2. The van der Waals surface area contributed by atoms with Crippen molar-refractivity contribution in [1.29, 1.82) is 0 Å². The van der Waals surface area contributed by atoms with Crippen LogP contribution in [0, 0.1) is 5.92 Å². The van der Waals surface area contributed by atoms with Crippen molar-refractivity contribution < 1.29 is 9.59 Å². The summed E-state index contributed by atoms with van der Waals surface area (Å²) < 4.78 is 0.757. The van der Waals surface area contributed by atoms with Crippen molar-refractivity contribution in [3.05, 3.63) is 28.7 Å². The summed E-state index contributed by atoms with van der Waals surface area (Å²) in [6, 6.07) is 7.33. The van der Waals surface area contributed by atoms with E-state index in [0.717, 1.165) is 23.7 Å². The van der Waals surface area contributed by atoms with E-state index in [1.807, 2.05) is 18.2 Å². The largest absolute Gasteiger partial charge is 0.345 e. The number of amides is 2. The number of para-hydroxylation sites is 1. The molecule has 2 N–H and O–H groups in total. The van der Waals surface area contributed by atoms with Crippen LogP contribution < -0.4 is 10.6 Å². The molecule has 1 aliphatic carbocycles. The van der Waals surface area contributed by atoms with Crippen LogP contribution in [-0.2, 0) is 9.59 Å². The van der Waals surface area contributed by atoms with Gasteiger partial charge in [0, 0.05) is 10.5 Å². The third-order valence-corrected chi connectivity index (χ3v) is 4.45. The van der Waals surface area contributed by atoms with Crippen LogP contribution in [0.2, 0.25) is 0 Å². The van der Waals surface area contributed by atoms with Crippen molar-refractivity contribution >= 4 is 33.4 Å². The molecule has 20 heavy (non-hydrogen) atoms. The van der Waals surface area contributed by atoms with Gasteiger partial charge < -0.3 is 10.6 Å². The van der Waals surface area contributed by atoms with Gasteiger partial charge in [0.15, 0.2) is 0 Å². The fourth-order valence-electron chi connectivity index (χ4n) is 2.51. The number of benzene rings is 1. The van der Waals surface area contributed by atoms with Gasteiger partial charge in [-0.05, 0) is 46.8 Å². The molecule has 0 bridgehead atoms. The molecule has 0 radical (unpaired) electrons. The maximum atomic E-state index is 11.9. The summed E-state index contributed by atoms with van der Waals surface area (Å²) in [5, 5.41) is 5.46. The normalized spacial score (nSPS) is 22.1. The molecule has 1 fully saturated rings. The predicted molar refractivity (Wildman–Crippen MR) is 82.3 cm³/mol. The summed E-state index contributed by atoms with van der Waals surface area (Å²) in [5.41, 5.74) is 0.601. The Kier molecular flexibility index (Phi) is 5.17. The predicted octanol–water partition coefficient (Wildman–Crippen LogP) is 3.08. The van der Waals surface area contributed by atoms with E-state index in [0.29, 0.717) is 11.6 Å². The second-order valence-corrected chi connectivity index (χ2v) is 6.13. The highest BCUT2D eigenvalue weighted by molar-refractivity contribution is 9.10. The van der Waals surface area contributed by atoms with Crippen molar-refractivity contribution in [2.75, 3.05) is 5.32 Å². The minimum Gasteiger partial charge on any atom is -0.345 e. The molecule has 4 nitrogen and oxygen atoms in total. The monoisotopic (exact) mass is 338 g/mol. The maximum Gasteiger partial charge on any atom is 0.313 e. The molecule has 1 aromatic carbocycles. The molecule has 2 atom stereocenters. The zero-order chi connectivity index (χ0) is 14.5. The van der Waals surface area contributed by atoms with E-state index in [1.165, 1.54) is 6.42 Å². The van der Waals surface area contributed by atoms with Crippen molar-refractivity contribution in [1.82, 2.24) is 5.32 Å². The lowest BCUT2D eigenvalue weighted by Gasteiger charge is -2.29. The Morgan fingerprint density at radius 2 is 1.85 bits per heavy atom. The number of rotatable bonds is 2. The van der Waals surface area contributed by atoms with Crippen molar-refractivity contribution in [2.45, 2.75) is 38.6 Å². The van der Waals surface area contributed by atoms with Crippen LogP contribution in [0.3, 0.4) is 0 Å². The van der Waals surface area contributed by atoms with Gasteiger partial charge in [-0.3, -0.25) is 9.59 Å². The Bertz CT molecular complexity index is 504. The minimum atomic E-state index is -0.616. The summed E-state index contributed by atoms with van der Waals surface area (Å²) >= 11 is 3.34. The first kappa shape index (κ1) is 15.0. The minimum absolute atomic E-state index is 0.112. The number of anilines is 1. The lowest BCUT2D eigenvalue weighted by atomic mass is 9.86. The molecule has 0 spiro atoms. The van der Waals surface area contributed by atoms with Gasteiger partial charge in [0.1, 0.15) is 0 Å². The molecular formula is C15H19BrN2O2. The van der Waals surface area contributed by atoms with Gasteiger partial charge in [0.25, 0.3) is 0 Å². The fraction of sp³-hybridized carbons (Fsp3) is 0.467. The van der Waals surface area contributed by atoms with E-state index < -0.39 is 11.8 Å². The highest BCUT2D eigenvalue weighted by Crippen LogP contribution is 2.24. The maximum absolute atomic E-state index is 11.9. The Morgan fingerprint density at radius 1 is 1.15 bits per heavy atom. The average molecular weight is 339 g/mol. The molecule has 2 rings (SSSR count). The molecule has 1 aromatic rings. The number of halogens is 1. The second kappa shape index (κ2) is 6.88. The Morgan fingerprint density at radius 3 is 2.55 bits per heavy atom. The molecule has 1 aliphatic rings. The van der Waals surface area contributed by atoms with Crippen LogP contribution in [0.5, 0.6) is 0 Å². The van der Waals surface area contributed by atoms with Gasteiger partial charge in [0.2, 0.25) is 0 Å². The van der Waals surface area contributed by atoms with Gasteiger partial charge >= 0.3 is 11.8 Å². The Balaban J connectivity index is 1.92. The highest BCUT2D eigenvalue weighted by Gasteiger charge is 2.25. The molecule has 0 aromatic heterocycles. The van der Waals surface area contributed by atoms with Crippen LogP contribution in [0.4, 0.5) is 5.69 Å². The summed E-state index contributed by atoms with van der Waals surface area (Å²) in [5.74, 6) is -0.738. The van der Waals surface area contributed by atoms with Crippen LogP contribution >= 0.6 is 15.9 Å². The summed E-state index contributed by atoms with van der Waals surface area (Å²) in [7, 11) is 0. The van der Waals surface area contributed by atoms with Gasteiger partial charge in [-0.1, -0.05) is 31.9 Å². The van der Waals surface area contributed by atoms with E-state index in [-0.39, 0.29) is 6.04 Å². The summed E-state index contributed by atoms with van der Waals surface area (Å²) in [6.45, 7) is 2.12. The molecule has 5 heteroatoms. The smallest absolute Gasteiger partial charge is 0.313 e. The van der Waals surface area contributed by atoms with Gasteiger partial charge in [-0.25, -0.2) is 0 Å². The van der Waals surface area contributed by atoms with Crippen LogP contribution in [0.15, 0.2) is 28.7 Å². The van der Waals surface area contributed by atoms with E-state index >= 15 is 0 Å². The first-order valence-corrected chi connectivity index (χ1v) is 7.73. The summed E-state index contributed by atoms with van der Waals surface area (Å²) in [4.78, 5) is 23.8. The first-order chi connectivity index (χ1) is 9.58. The van der Waals surface area contributed by atoms with Crippen molar-refractivity contribution in [3.63, 3.8) is 0 Å². The number of hydrogen-bond acceptors (Lipinski definition) is 2. The van der Waals surface area contributed by atoms with E-state index in [2.05, 4.69) is 33.5 Å². The zero-order valence-corrected chi connectivity index (χ0v) is 13.1. The van der Waals surface area contributed by atoms with E-state index in [1.54, 1.807) is 6.07 Å². The van der Waals surface area contributed by atoms with Gasteiger partial charge in [0.05, 0.1) is 5.69 Å².